The van der Waals surface area contributed by atoms with E-state index < -0.39 is 0 Å². The fourth-order valence-corrected chi connectivity index (χ4v) is 2.77. The lowest BCUT2D eigenvalue weighted by molar-refractivity contribution is -0.123. The first-order chi connectivity index (χ1) is 8.09. The van der Waals surface area contributed by atoms with Crippen molar-refractivity contribution < 1.29 is 4.79 Å². The van der Waals surface area contributed by atoms with E-state index >= 15 is 0 Å². The molecule has 0 saturated heterocycles. The molecule has 4 heteroatoms. The molecule has 1 amide bonds. The van der Waals surface area contributed by atoms with Gasteiger partial charge in [-0.3, -0.25) is 4.79 Å². The van der Waals surface area contributed by atoms with Crippen LogP contribution in [0, 0.1) is 0 Å². The van der Waals surface area contributed by atoms with E-state index in [-0.39, 0.29) is 11.9 Å². The van der Waals surface area contributed by atoms with Gasteiger partial charge in [0.25, 0.3) is 0 Å². The van der Waals surface area contributed by atoms with Crippen LogP contribution < -0.4 is 10.6 Å². The smallest absolute Gasteiger partial charge is 0.237 e. The van der Waals surface area contributed by atoms with Gasteiger partial charge in [-0.15, -0.1) is 0 Å². The SMILES string of the molecule is CC(C)SCCNC(C)C(=O)NC1CCCC1. The molecule has 0 aromatic carbocycles. The molecule has 1 aliphatic carbocycles. The summed E-state index contributed by atoms with van der Waals surface area (Å²) in [6, 6.07) is 0.361. The molecule has 1 atom stereocenters. The van der Waals surface area contributed by atoms with Crippen LogP contribution in [0.1, 0.15) is 46.5 Å². The fraction of sp³-hybridized carbons (Fsp3) is 0.923. The molecule has 100 valence electrons. The Morgan fingerprint density at radius 1 is 1.29 bits per heavy atom. The number of nitrogens with one attached hydrogen (secondary N) is 2. The topological polar surface area (TPSA) is 41.1 Å². The van der Waals surface area contributed by atoms with Crippen molar-refractivity contribution in [2.75, 3.05) is 12.3 Å². The van der Waals surface area contributed by atoms with E-state index in [1.54, 1.807) is 0 Å². The summed E-state index contributed by atoms with van der Waals surface area (Å²) >= 11 is 1.92. The number of hydrogen-bond acceptors (Lipinski definition) is 3. The number of thioether (sulfide) groups is 1. The molecule has 1 fully saturated rings. The van der Waals surface area contributed by atoms with Crippen LogP contribution in [-0.4, -0.2) is 35.5 Å². The minimum atomic E-state index is -0.0663. The summed E-state index contributed by atoms with van der Waals surface area (Å²) in [6.07, 6.45) is 4.83. The predicted molar refractivity (Wildman–Crippen MR) is 75.5 cm³/mol. The third-order valence-electron chi connectivity index (χ3n) is 3.10. The zero-order chi connectivity index (χ0) is 12.7. The fourth-order valence-electron chi connectivity index (χ4n) is 2.06. The van der Waals surface area contributed by atoms with E-state index in [4.69, 9.17) is 0 Å². The van der Waals surface area contributed by atoms with Crippen molar-refractivity contribution in [1.29, 1.82) is 0 Å². The molecule has 17 heavy (non-hydrogen) atoms. The van der Waals surface area contributed by atoms with Gasteiger partial charge in [0.05, 0.1) is 6.04 Å². The van der Waals surface area contributed by atoms with Crippen LogP contribution in [0.3, 0.4) is 0 Å². The molecule has 1 unspecified atom stereocenters. The van der Waals surface area contributed by atoms with E-state index in [0.717, 1.165) is 25.1 Å². The van der Waals surface area contributed by atoms with E-state index in [1.165, 1.54) is 12.8 Å². The average Bonchev–Trinajstić information content (AvgIpc) is 2.76. The molecule has 0 bridgehead atoms. The van der Waals surface area contributed by atoms with Gasteiger partial charge < -0.3 is 10.6 Å². The van der Waals surface area contributed by atoms with Gasteiger partial charge in [0.2, 0.25) is 5.91 Å². The largest absolute Gasteiger partial charge is 0.352 e. The van der Waals surface area contributed by atoms with E-state index in [1.807, 2.05) is 18.7 Å². The molecule has 2 N–H and O–H groups in total. The summed E-state index contributed by atoms with van der Waals surface area (Å²) in [6.45, 7) is 7.24. The molecule has 1 aliphatic rings. The molecule has 1 saturated carbocycles. The average molecular weight is 258 g/mol. The van der Waals surface area contributed by atoms with Gasteiger partial charge in [0, 0.05) is 18.3 Å². The number of carbonyl (C=O) groups excluding carboxylic acids is 1. The summed E-state index contributed by atoms with van der Waals surface area (Å²) in [5.74, 6) is 1.23. The van der Waals surface area contributed by atoms with Crippen LogP contribution >= 0.6 is 11.8 Å². The van der Waals surface area contributed by atoms with Gasteiger partial charge in [-0.05, 0) is 25.0 Å². The highest BCUT2D eigenvalue weighted by molar-refractivity contribution is 7.99. The summed E-state index contributed by atoms with van der Waals surface area (Å²) in [5.41, 5.74) is 0. The van der Waals surface area contributed by atoms with Crippen molar-refractivity contribution in [3.05, 3.63) is 0 Å². The van der Waals surface area contributed by atoms with Crippen LogP contribution in [0.2, 0.25) is 0 Å². The van der Waals surface area contributed by atoms with Crippen molar-refractivity contribution in [3.63, 3.8) is 0 Å². The number of amides is 1. The van der Waals surface area contributed by atoms with Gasteiger partial charge in [-0.2, -0.15) is 11.8 Å². The van der Waals surface area contributed by atoms with Gasteiger partial charge in [-0.1, -0.05) is 26.7 Å². The minimum Gasteiger partial charge on any atom is -0.352 e. The van der Waals surface area contributed by atoms with Gasteiger partial charge in [0.15, 0.2) is 0 Å². The zero-order valence-corrected chi connectivity index (χ0v) is 12.1. The Morgan fingerprint density at radius 3 is 2.53 bits per heavy atom. The summed E-state index contributed by atoms with van der Waals surface area (Å²) in [4.78, 5) is 11.8. The third kappa shape index (κ3) is 6.32. The Kier molecular flexibility index (Phi) is 6.97. The molecule has 1 rings (SSSR count). The molecule has 0 aromatic rings. The predicted octanol–water partition coefficient (Wildman–Crippen LogP) is 2.16. The number of carbonyl (C=O) groups is 1. The van der Waals surface area contributed by atoms with Crippen LogP contribution in [0.4, 0.5) is 0 Å². The Bertz CT molecular complexity index is 227. The standard InChI is InChI=1S/C13H26N2OS/c1-10(2)17-9-8-14-11(3)13(16)15-12-6-4-5-7-12/h10-12,14H,4-9H2,1-3H3,(H,15,16). The first kappa shape index (κ1) is 14.8. The quantitative estimate of drug-likeness (QED) is 0.688. The molecule has 0 aliphatic heterocycles. The second-order valence-corrected chi connectivity index (χ2v) is 6.77. The third-order valence-corrected chi connectivity index (χ3v) is 4.21. The van der Waals surface area contributed by atoms with Crippen molar-refractivity contribution in [2.45, 2.75) is 63.8 Å². The molecule has 0 radical (unpaired) electrons. The second kappa shape index (κ2) is 7.98. The summed E-state index contributed by atoms with van der Waals surface area (Å²) in [5, 5.41) is 7.07. The molecular weight excluding hydrogens is 232 g/mol. The summed E-state index contributed by atoms with van der Waals surface area (Å²) in [7, 11) is 0. The zero-order valence-electron chi connectivity index (χ0n) is 11.3. The van der Waals surface area contributed by atoms with Crippen molar-refractivity contribution in [2.24, 2.45) is 0 Å². The Morgan fingerprint density at radius 2 is 1.94 bits per heavy atom. The number of hydrogen-bond donors (Lipinski definition) is 2. The van der Waals surface area contributed by atoms with E-state index in [0.29, 0.717) is 11.3 Å². The van der Waals surface area contributed by atoms with Crippen LogP contribution in [-0.2, 0) is 4.79 Å². The lowest BCUT2D eigenvalue weighted by Gasteiger charge is -2.17. The van der Waals surface area contributed by atoms with Crippen LogP contribution in [0.5, 0.6) is 0 Å². The highest BCUT2D eigenvalue weighted by Gasteiger charge is 2.19. The maximum absolute atomic E-state index is 11.8. The number of rotatable bonds is 7. The maximum atomic E-state index is 11.8. The highest BCUT2D eigenvalue weighted by Crippen LogP contribution is 2.17. The Labute approximate surface area is 109 Å². The molecule has 0 aromatic heterocycles. The molecular formula is C13H26N2OS. The van der Waals surface area contributed by atoms with Crippen molar-refractivity contribution in [3.8, 4) is 0 Å². The van der Waals surface area contributed by atoms with Gasteiger partial charge in [-0.25, -0.2) is 0 Å². The lowest BCUT2D eigenvalue weighted by Crippen LogP contribution is -2.46. The van der Waals surface area contributed by atoms with Gasteiger partial charge >= 0.3 is 0 Å². The summed E-state index contributed by atoms with van der Waals surface area (Å²) < 4.78 is 0. The lowest BCUT2D eigenvalue weighted by atomic mass is 10.2. The molecule has 0 heterocycles. The van der Waals surface area contributed by atoms with E-state index in [2.05, 4.69) is 24.5 Å². The van der Waals surface area contributed by atoms with Crippen molar-refractivity contribution >= 4 is 17.7 Å². The first-order valence-corrected chi connectivity index (χ1v) is 7.80. The van der Waals surface area contributed by atoms with Crippen LogP contribution in [0.25, 0.3) is 0 Å². The normalized spacial score (nSPS) is 18.6. The Balaban J connectivity index is 2.09. The van der Waals surface area contributed by atoms with Gasteiger partial charge in [0.1, 0.15) is 0 Å². The first-order valence-electron chi connectivity index (χ1n) is 6.75. The monoisotopic (exact) mass is 258 g/mol. The molecule has 3 nitrogen and oxygen atoms in total. The second-order valence-electron chi connectivity index (χ2n) is 5.09. The van der Waals surface area contributed by atoms with Crippen molar-refractivity contribution in [1.82, 2.24) is 10.6 Å². The highest BCUT2D eigenvalue weighted by atomic mass is 32.2. The van der Waals surface area contributed by atoms with Crippen LogP contribution in [0.15, 0.2) is 0 Å². The van der Waals surface area contributed by atoms with E-state index in [9.17, 15) is 4.79 Å². The molecule has 0 spiro atoms. The minimum absolute atomic E-state index is 0.0663. The Hall–Kier alpha value is -0.220. The maximum Gasteiger partial charge on any atom is 0.237 e.